The minimum Gasteiger partial charge on any atom is -0.351 e. The summed E-state index contributed by atoms with van der Waals surface area (Å²) in [7, 11) is 0. The first-order chi connectivity index (χ1) is 9.15. The van der Waals surface area contributed by atoms with Crippen LogP contribution in [0.4, 0.5) is 0 Å². The second-order valence-electron chi connectivity index (χ2n) is 5.15. The van der Waals surface area contributed by atoms with Crippen LogP contribution in [-0.2, 0) is 0 Å². The fourth-order valence-electron chi connectivity index (χ4n) is 2.26. The molecular formula is C14H20BrN3O. The molecule has 0 radical (unpaired) electrons. The molecule has 4 nitrogen and oxygen atoms in total. The standard InChI is InChI=1S/C14H20BrN3O/c1-11-3-7-18(8-4-11)9-6-17-14(19)12-2-5-16-13(15)10-12/h2,5,10-11H,3-4,6-9H2,1H3,(H,17,19). The van der Waals surface area contributed by atoms with Gasteiger partial charge in [-0.2, -0.15) is 0 Å². The van der Waals surface area contributed by atoms with Crippen LogP contribution in [0, 0.1) is 5.92 Å². The predicted octanol–water partition coefficient (Wildman–Crippen LogP) is 2.31. The van der Waals surface area contributed by atoms with E-state index in [1.807, 2.05) is 0 Å². The van der Waals surface area contributed by atoms with Gasteiger partial charge in [-0.15, -0.1) is 0 Å². The van der Waals surface area contributed by atoms with Crippen LogP contribution in [0.15, 0.2) is 22.9 Å². The van der Waals surface area contributed by atoms with Gasteiger partial charge >= 0.3 is 0 Å². The van der Waals surface area contributed by atoms with Crippen molar-refractivity contribution in [3.63, 3.8) is 0 Å². The van der Waals surface area contributed by atoms with Gasteiger partial charge in [-0.05, 0) is 59.9 Å². The second-order valence-corrected chi connectivity index (χ2v) is 5.96. The Hall–Kier alpha value is -0.940. The molecule has 1 aromatic heterocycles. The van der Waals surface area contributed by atoms with Crippen LogP contribution >= 0.6 is 15.9 Å². The number of nitrogens with one attached hydrogen (secondary N) is 1. The molecule has 0 bridgehead atoms. The summed E-state index contributed by atoms with van der Waals surface area (Å²) in [6.07, 6.45) is 4.17. The summed E-state index contributed by atoms with van der Waals surface area (Å²) < 4.78 is 0.685. The lowest BCUT2D eigenvalue weighted by atomic mass is 9.99. The first-order valence-corrected chi connectivity index (χ1v) is 7.56. The van der Waals surface area contributed by atoms with E-state index in [0.29, 0.717) is 16.7 Å². The van der Waals surface area contributed by atoms with E-state index in [0.717, 1.165) is 25.6 Å². The smallest absolute Gasteiger partial charge is 0.251 e. The van der Waals surface area contributed by atoms with Gasteiger partial charge in [0, 0.05) is 24.8 Å². The Morgan fingerprint density at radius 1 is 1.53 bits per heavy atom. The number of halogens is 1. The summed E-state index contributed by atoms with van der Waals surface area (Å²) >= 11 is 3.27. The number of carbonyl (C=O) groups is 1. The molecule has 1 fully saturated rings. The topological polar surface area (TPSA) is 45.2 Å². The fraction of sp³-hybridized carbons (Fsp3) is 0.571. The summed E-state index contributed by atoms with van der Waals surface area (Å²) in [6.45, 7) is 6.24. The average Bonchev–Trinajstić information content (AvgIpc) is 2.41. The van der Waals surface area contributed by atoms with Crippen molar-refractivity contribution < 1.29 is 4.79 Å². The van der Waals surface area contributed by atoms with Crippen LogP contribution in [0.25, 0.3) is 0 Å². The largest absolute Gasteiger partial charge is 0.351 e. The van der Waals surface area contributed by atoms with Crippen LogP contribution in [0.2, 0.25) is 0 Å². The zero-order valence-electron chi connectivity index (χ0n) is 11.2. The van der Waals surface area contributed by atoms with E-state index < -0.39 is 0 Å². The van der Waals surface area contributed by atoms with Gasteiger partial charge in [0.1, 0.15) is 4.60 Å². The highest BCUT2D eigenvalue weighted by atomic mass is 79.9. The summed E-state index contributed by atoms with van der Waals surface area (Å²) in [4.78, 5) is 18.3. The van der Waals surface area contributed by atoms with Crippen molar-refractivity contribution in [1.82, 2.24) is 15.2 Å². The van der Waals surface area contributed by atoms with E-state index in [2.05, 4.69) is 38.1 Å². The zero-order chi connectivity index (χ0) is 13.7. The van der Waals surface area contributed by atoms with E-state index in [1.54, 1.807) is 18.3 Å². The molecule has 0 saturated carbocycles. The third kappa shape index (κ3) is 4.58. The van der Waals surface area contributed by atoms with Crippen molar-refractivity contribution in [2.45, 2.75) is 19.8 Å². The molecule has 0 aromatic carbocycles. The second kappa shape index (κ2) is 7.01. The van der Waals surface area contributed by atoms with Gasteiger partial charge in [0.05, 0.1) is 0 Å². The lowest BCUT2D eigenvalue weighted by Gasteiger charge is -2.30. The Kier molecular flexibility index (Phi) is 5.34. The van der Waals surface area contributed by atoms with E-state index in [1.165, 1.54) is 12.8 Å². The molecule has 1 N–H and O–H groups in total. The maximum Gasteiger partial charge on any atom is 0.251 e. The fourth-order valence-corrected chi connectivity index (χ4v) is 2.62. The van der Waals surface area contributed by atoms with Crippen molar-refractivity contribution in [2.24, 2.45) is 5.92 Å². The van der Waals surface area contributed by atoms with Crippen LogP contribution in [-0.4, -0.2) is 42.0 Å². The molecular weight excluding hydrogens is 306 g/mol. The molecule has 0 unspecified atom stereocenters. The molecule has 1 amide bonds. The van der Waals surface area contributed by atoms with Crippen LogP contribution in [0.3, 0.4) is 0 Å². The Bertz CT molecular complexity index is 430. The monoisotopic (exact) mass is 325 g/mol. The van der Waals surface area contributed by atoms with E-state index in [-0.39, 0.29) is 5.91 Å². The van der Waals surface area contributed by atoms with Crippen molar-refractivity contribution >= 4 is 21.8 Å². The predicted molar refractivity (Wildman–Crippen MR) is 79.1 cm³/mol. The van der Waals surface area contributed by atoms with Gasteiger partial charge in [-0.3, -0.25) is 4.79 Å². The Labute approximate surface area is 122 Å². The van der Waals surface area contributed by atoms with Crippen molar-refractivity contribution in [1.29, 1.82) is 0 Å². The highest BCUT2D eigenvalue weighted by molar-refractivity contribution is 9.10. The average molecular weight is 326 g/mol. The van der Waals surface area contributed by atoms with Gasteiger partial charge in [0.15, 0.2) is 0 Å². The first-order valence-electron chi connectivity index (χ1n) is 6.77. The normalized spacial score (nSPS) is 17.4. The number of nitrogens with zero attached hydrogens (tertiary/aromatic N) is 2. The summed E-state index contributed by atoms with van der Waals surface area (Å²) in [6, 6.07) is 3.46. The molecule has 1 saturated heterocycles. The van der Waals surface area contributed by atoms with Crippen LogP contribution < -0.4 is 5.32 Å². The highest BCUT2D eigenvalue weighted by Gasteiger charge is 2.15. The molecule has 104 valence electrons. The van der Waals surface area contributed by atoms with Crippen molar-refractivity contribution in [2.75, 3.05) is 26.2 Å². The number of carbonyl (C=O) groups excluding carboxylic acids is 1. The minimum absolute atomic E-state index is 0.0338. The Morgan fingerprint density at radius 2 is 2.26 bits per heavy atom. The van der Waals surface area contributed by atoms with Gasteiger partial charge in [-0.25, -0.2) is 4.98 Å². The Morgan fingerprint density at radius 3 is 2.95 bits per heavy atom. The van der Waals surface area contributed by atoms with E-state index >= 15 is 0 Å². The number of aromatic nitrogens is 1. The molecule has 0 aliphatic carbocycles. The Balaban J connectivity index is 1.72. The number of hydrogen-bond acceptors (Lipinski definition) is 3. The van der Waals surface area contributed by atoms with Gasteiger partial charge in [0.2, 0.25) is 0 Å². The molecule has 5 heteroatoms. The molecule has 2 heterocycles. The molecule has 19 heavy (non-hydrogen) atoms. The zero-order valence-corrected chi connectivity index (χ0v) is 12.8. The number of amides is 1. The van der Waals surface area contributed by atoms with Crippen LogP contribution in [0.1, 0.15) is 30.1 Å². The lowest BCUT2D eigenvalue weighted by molar-refractivity contribution is 0.0944. The van der Waals surface area contributed by atoms with Crippen molar-refractivity contribution in [3.05, 3.63) is 28.5 Å². The van der Waals surface area contributed by atoms with Crippen molar-refractivity contribution in [3.8, 4) is 0 Å². The van der Waals surface area contributed by atoms with Gasteiger partial charge in [0.25, 0.3) is 5.91 Å². The molecule has 1 aliphatic heterocycles. The molecule has 1 aliphatic rings. The third-order valence-corrected chi connectivity index (χ3v) is 4.01. The minimum atomic E-state index is -0.0338. The number of hydrogen-bond donors (Lipinski definition) is 1. The summed E-state index contributed by atoms with van der Waals surface area (Å²) in [5.41, 5.74) is 0.647. The maximum absolute atomic E-state index is 11.9. The van der Waals surface area contributed by atoms with Gasteiger partial charge in [-0.1, -0.05) is 6.92 Å². The molecule has 2 rings (SSSR count). The number of rotatable bonds is 4. The SMILES string of the molecule is CC1CCN(CCNC(=O)c2ccnc(Br)c2)CC1. The number of likely N-dealkylation sites (tertiary alicyclic amines) is 1. The quantitative estimate of drug-likeness (QED) is 0.864. The van der Waals surface area contributed by atoms with Crippen LogP contribution in [0.5, 0.6) is 0 Å². The lowest BCUT2D eigenvalue weighted by Crippen LogP contribution is -2.39. The van der Waals surface area contributed by atoms with E-state index in [4.69, 9.17) is 0 Å². The highest BCUT2D eigenvalue weighted by Crippen LogP contribution is 2.15. The van der Waals surface area contributed by atoms with Gasteiger partial charge < -0.3 is 10.2 Å². The molecule has 1 aromatic rings. The first kappa shape index (κ1) is 14.5. The van der Waals surface area contributed by atoms with E-state index in [9.17, 15) is 4.79 Å². The summed E-state index contributed by atoms with van der Waals surface area (Å²) in [5.74, 6) is 0.813. The molecule has 0 atom stereocenters. The number of piperidine rings is 1. The molecule has 0 spiro atoms. The summed E-state index contributed by atoms with van der Waals surface area (Å²) in [5, 5.41) is 2.96. The third-order valence-electron chi connectivity index (χ3n) is 3.58. The number of pyridine rings is 1. The maximum atomic E-state index is 11.9.